The molecule has 0 aliphatic carbocycles. The van der Waals surface area contributed by atoms with Crippen LogP contribution in [-0.2, 0) is 6.42 Å². The van der Waals surface area contributed by atoms with Crippen molar-refractivity contribution in [1.82, 2.24) is 9.97 Å². The Balaban J connectivity index is 1.88. The van der Waals surface area contributed by atoms with Crippen LogP contribution in [0.4, 0.5) is 11.8 Å². The van der Waals surface area contributed by atoms with E-state index in [1.807, 2.05) is 48.5 Å². The fourth-order valence-corrected chi connectivity index (χ4v) is 2.32. The van der Waals surface area contributed by atoms with Crippen LogP contribution in [0.25, 0.3) is 0 Å². The summed E-state index contributed by atoms with van der Waals surface area (Å²) in [6.07, 6.45) is 2.21. The van der Waals surface area contributed by atoms with Crippen LogP contribution in [0.1, 0.15) is 11.1 Å². The van der Waals surface area contributed by atoms with Gasteiger partial charge in [-0.05, 0) is 29.8 Å². The van der Waals surface area contributed by atoms with E-state index in [2.05, 4.69) is 9.97 Å². The molecule has 0 saturated carbocycles. The number of rotatable bonds is 5. The number of aromatic nitrogens is 2. The Labute approximate surface area is 140 Å². The van der Waals surface area contributed by atoms with E-state index in [4.69, 9.17) is 20.9 Å². The second kappa shape index (κ2) is 6.87. The van der Waals surface area contributed by atoms with Crippen molar-refractivity contribution in [1.29, 1.82) is 0 Å². The maximum atomic E-state index is 5.92. The molecule has 0 aliphatic heterocycles. The third kappa shape index (κ3) is 3.55. The zero-order valence-corrected chi connectivity index (χ0v) is 13.3. The average molecular weight is 322 g/mol. The Kier molecular flexibility index (Phi) is 4.47. The van der Waals surface area contributed by atoms with E-state index in [9.17, 15) is 0 Å². The van der Waals surface area contributed by atoms with Crippen molar-refractivity contribution in [3.05, 3.63) is 65.9 Å². The smallest absolute Gasteiger partial charge is 0.221 e. The fourth-order valence-electron chi connectivity index (χ4n) is 2.32. The Hall–Kier alpha value is -3.28. The minimum absolute atomic E-state index is 0.166. The first-order valence-corrected chi connectivity index (χ1v) is 7.42. The topological polar surface area (TPSA) is 96.3 Å². The van der Waals surface area contributed by atoms with Crippen LogP contribution in [0, 0.1) is 0 Å². The van der Waals surface area contributed by atoms with Crippen LogP contribution >= 0.6 is 0 Å². The van der Waals surface area contributed by atoms with Crippen LogP contribution in [-0.4, -0.2) is 17.1 Å². The lowest BCUT2D eigenvalue weighted by atomic mass is 10.1. The summed E-state index contributed by atoms with van der Waals surface area (Å²) in [5.41, 5.74) is 13.2. The van der Waals surface area contributed by atoms with Crippen LogP contribution in [0.5, 0.6) is 17.2 Å². The highest BCUT2D eigenvalue weighted by atomic mass is 16.5. The maximum Gasteiger partial charge on any atom is 0.221 e. The Morgan fingerprint density at radius 2 is 1.79 bits per heavy atom. The van der Waals surface area contributed by atoms with Crippen molar-refractivity contribution in [3.8, 4) is 17.2 Å². The van der Waals surface area contributed by atoms with Gasteiger partial charge in [0.05, 0.1) is 7.11 Å². The molecule has 0 aliphatic rings. The van der Waals surface area contributed by atoms with Crippen molar-refractivity contribution in [2.75, 3.05) is 18.6 Å². The van der Waals surface area contributed by atoms with Gasteiger partial charge in [-0.3, -0.25) is 0 Å². The first kappa shape index (κ1) is 15.6. The Morgan fingerprint density at radius 3 is 2.50 bits per heavy atom. The van der Waals surface area contributed by atoms with E-state index in [0.717, 1.165) is 16.9 Å². The molecular formula is C18H18N4O2. The van der Waals surface area contributed by atoms with E-state index in [0.29, 0.717) is 23.7 Å². The van der Waals surface area contributed by atoms with Gasteiger partial charge in [0.1, 0.15) is 11.6 Å². The van der Waals surface area contributed by atoms with Crippen LogP contribution in [0.3, 0.4) is 0 Å². The first-order chi connectivity index (χ1) is 11.7. The van der Waals surface area contributed by atoms with Crippen molar-refractivity contribution in [3.63, 3.8) is 0 Å². The molecule has 0 bridgehead atoms. The summed E-state index contributed by atoms with van der Waals surface area (Å²) in [5, 5.41) is 0. The molecule has 0 saturated heterocycles. The van der Waals surface area contributed by atoms with Gasteiger partial charge in [0.15, 0.2) is 11.5 Å². The quantitative estimate of drug-likeness (QED) is 0.749. The van der Waals surface area contributed by atoms with Gasteiger partial charge in [-0.25, -0.2) is 4.98 Å². The predicted molar refractivity (Wildman–Crippen MR) is 93.2 cm³/mol. The zero-order valence-electron chi connectivity index (χ0n) is 13.3. The van der Waals surface area contributed by atoms with Gasteiger partial charge >= 0.3 is 0 Å². The molecule has 0 radical (unpaired) electrons. The third-order valence-corrected chi connectivity index (χ3v) is 3.51. The largest absolute Gasteiger partial charge is 0.493 e. The number of nitrogens with two attached hydrogens (primary N) is 2. The standard InChI is InChI=1S/C18H18N4O2/c1-23-15-8-7-12(9-13-11-21-18(20)22-17(13)19)10-16(15)24-14-5-3-2-4-6-14/h2-8,10-11H,9H2,1H3,(H4,19,20,21,22). The molecule has 24 heavy (non-hydrogen) atoms. The molecule has 122 valence electrons. The van der Waals surface area contributed by atoms with Gasteiger partial charge in [-0.1, -0.05) is 24.3 Å². The van der Waals surface area contributed by atoms with Crippen molar-refractivity contribution < 1.29 is 9.47 Å². The van der Waals surface area contributed by atoms with Gasteiger partial charge in [-0.2, -0.15) is 4.98 Å². The molecule has 0 atom stereocenters. The maximum absolute atomic E-state index is 5.92. The SMILES string of the molecule is COc1ccc(Cc2cnc(N)nc2N)cc1Oc1ccccc1. The van der Waals surface area contributed by atoms with E-state index in [-0.39, 0.29) is 5.95 Å². The summed E-state index contributed by atoms with van der Waals surface area (Å²) in [5.74, 6) is 2.58. The fraction of sp³-hybridized carbons (Fsp3) is 0.111. The van der Waals surface area contributed by atoms with Gasteiger partial charge in [-0.15, -0.1) is 0 Å². The van der Waals surface area contributed by atoms with Gasteiger partial charge in [0, 0.05) is 18.2 Å². The van der Waals surface area contributed by atoms with Gasteiger partial charge in [0.25, 0.3) is 0 Å². The molecule has 3 aromatic rings. The molecule has 0 amide bonds. The van der Waals surface area contributed by atoms with Crippen LogP contribution in [0.2, 0.25) is 0 Å². The van der Waals surface area contributed by atoms with Crippen molar-refractivity contribution in [2.24, 2.45) is 0 Å². The Morgan fingerprint density at radius 1 is 1.00 bits per heavy atom. The lowest BCUT2D eigenvalue weighted by molar-refractivity contribution is 0.378. The molecule has 3 rings (SSSR count). The van der Waals surface area contributed by atoms with E-state index < -0.39 is 0 Å². The number of methoxy groups -OCH3 is 1. The highest BCUT2D eigenvalue weighted by Gasteiger charge is 2.10. The number of nitrogens with zero attached hydrogens (tertiary/aromatic N) is 2. The minimum Gasteiger partial charge on any atom is -0.493 e. The van der Waals surface area contributed by atoms with Crippen LogP contribution < -0.4 is 20.9 Å². The second-order valence-electron chi connectivity index (χ2n) is 5.22. The summed E-state index contributed by atoms with van der Waals surface area (Å²) in [6, 6.07) is 15.3. The first-order valence-electron chi connectivity index (χ1n) is 7.42. The summed E-state index contributed by atoms with van der Waals surface area (Å²) in [7, 11) is 1.61. The number of ether oxygens (including phenoxy) is 2. The van der Waals surface area contributed by atoms with Gasteiger partial charge < -0.3 is 20.9 Å². The molecule has 0 spiro atoms. The number of anilines is 2. The van der Waals surface area contributed by atoms with E-state index in [1.165, 1.54) is 0 Å². The van der Waals surface area contributed by atoms with Crippen LogP contribution in [0.15, 0.2) is 54.7 Å². The highest BCUT2D eigenvalue weighted by molar-refractivity contribution is 5.49. The summed E-state index contributed by atoms with van der Waals surface area (Å²) < 4.78 is 11.3. The molecular weight excluding hydrogens is 304 g/mol. The molecule has 6 heteroatoms. The number of hydrogen-bond donors (Lipinski definition) is 2. The Bertz CT molecular complexity index is 838. The number of nitrogen functional groups attached to an aromatic ring is 2. The molecule has 1 heterocycles. The summed E-state index contributed by atoms with van der Waals surface area (Å²) >= 11 is 0. The summed E-state index contributed by atoms with van der Waals surface area (Å²) in [4.78, 5) is 7.97. The number of benzene rings is 2. The monoisotopic (exact) mass is 322 g/mol. The lowest BCUT2D eigenvalue weighted by Crippen LogP contribution is -2.04. The molecule has 4 N–H and O–H groups in total. The normalized spacial score (nSPS) is 10.4. The minimum atomic E-state index is 0.166. The van der Waals surface area contributed by atoms with E-state index >= 15 is 0 Å². The predicted octanol–water partition coefficient (Wildman–Crippen LogP) is 3.03. The van der Waals surface area contributed by atoms with Crippen molar-refractivity contribution >= 4 is 11.8 Å². The number of para-hydroxylation sites is 1. The number of hydrogen-bond acceptors (Lipinski definition) is 6. The zero-order chi connectivity index (χ0) is 16.9. The highest BCUT2D eigenvalue weighted by Crippen LogP contribution is 2.33. The second-order valence-corrected chi connectivity index (χ2v) is 5.22. The molecule has 6 nitrogen and oxygen atoms in total. The summed E-state index contributed by atoms with van der Waals surface area (Å²) in [6.45, 7) is 0. The average Bonchev–Trinajstić information content (AvgIpc) is 2.59. The molecule has 2 aromatic carbocycles. The molecule has 0 unspecified atom stereocenters. The molecule has 1 aromatic heterocycles. The van der Waals surface area contributed by atoms with E-state index in [1.54, 1.807) is 13.3 Å². The lowest BCUT2D eigenvalue weighted by Gasteiger charge is -2.12. The van der Waals surface area contributed by atoms with Crippen molar-refractivity contribution in [2.45, 2.75) is 6.42 Å². The molecule has 0 fully saturated rings. The third-order valence-electron chi connectivity index (χ3n) is 3.51. The van der Waals surface area contributed by atoms with Gasteiger partial charge in [0.2, 0.25) is 5.95 Å².